The lowest BCUT2D eigenvalue weighted by molar-refractivity contribution is -0.115. The molecule has 1 N–H and O–H groups in total. The molecule has 1 amide bonds. The number of hydrogen-bond donors (Lipinski definition) is 1. The summed E-state index contributed by atoms with van der Waals surface area (Å²) in [5.41, 5.74) is 1.44. The fourth-order valence-corrected chi connectivity index (χ4v) is 2.43. The molecule has 1 atom stereocenters. The number of halogens is 2. The second-order valence-electron chi connectivity index (χ2n) is 3.06. The Bertz CT molecular complexity index is 329. The van der Waals surface area contributed by atoms with E-state index in [4.69, 9.17) is 7.85 Å². The Morgan fingerprint density at radius 2 is 2.00 bits per heavy atom. The van der Waals surface area contributed by atoms with E-state index in [0.717, 1.165) is 17.4 Å². The number of carbonyl (C=O) groups is 1. The minimum absolute atomic E-state index is 0.0424. The summed E-state index contributed by atoms with van der Waals surface area (Å²) in [6.45, 7) is 0. The molecule has 0 fully saturated rings. The Morgan fingerprint density at radius 1 is 1.40 bits per heavy atom. The molecular weight excluding hydrogens is 321 g/mol. The van der Waals surface area contributed by atoms with Gasteiger partial charge in [-0.05, 0) is 18.6 Å². The molecule has 0 aliphatic carbocycles. The summed E-state index contributed by atoms with van der Waals surface area (Å²) in [5, 5.41) is 3.58. The molecule has 5 heteroatoms. The van der Waals surface area contributed by atoms with Gasteiger partial charge in [0.1, 0.15) is 7.85 Å². The van der Waals surface area contributed by atoms with Crippen LogP contribution < -0.4 is 10.8 Å². The van der Waals surface area contributed by atoms with E-state index in [1.54, 1.807) is 24.3 Å². The fraction of sp³-hybridized carbons (Fsp3) is 0.300. The molecule has 0 saturated heterocycles. The van der Waals surface area contributed by atoms with Gasteiger partial charge in [-0.2, -0.15) is 0 Å². The lowest BCUT2D eigenvalue weighted by Gasteiger charge is -2.09. The largest absolute Gasteiger partial charge is 0.325 e. The van der Waals surface area contributed by atoms with Crippen LogP contribution in [0.5, 0.6) is 0 Å². The minimum atomic E-state index is -0.172. The maximum atomic E-state index is 11.6. The van der Waals surface area contributed by atoms with Gasteiger partial charge < -0.3 is 5.32 Å². The van der Waals surface area contributed by atoms with Gasteiger partial charge in [-0.25, -0.2) is 0 Å². The number of anilines is 1. The van der Waals surface area contributed by atoms with Gasteiger partial charge >= 0.3 is 0 Å². The minimum Gasteiger partial charge on any atom is -0.325 e. The summed E-state index contributed by atoms with van der Waals surface area (Å²) in [6.07, 6.45) is 0.751. The fourth-order valence-electron chi connectivity index (χ4n) is 1.01. The van der Waals surface area contributed by atoms with Crippen LogP contribution in [-0.4, -0.2) is 23.9 Å². The predicted octanol–water partition coefficient (Wildman–Crippen LogP) is 1.97. The van der Waals surface area contributed by atoms with E-state index in [-0.39, 0.29) is 10.7 Å². The second kappa shape index (κ2) is 6.33. The number of carbonyl (C=O) groups excluding carboxylic acids is 1. The zero-order valence-electron chi connectivity index (χ0n) is 8.04. The molecule has 1 aromatic carbocycles. The van der Waals surface area contributed by atoms with Gasteiger partial charge in [0.2, 0.25) is 5.91 Å². The molecule has 0 bridgehead atoms. The van der Waals surface area contributed by atoms with E-state index < -0.39 is 0 Å². The molecule has 1 unspecified atom stereocenters. The molecule has 0 heterocycles. The van der Waals surface area contributed by atoms with E-state index in [0.29, 0.717) is 5.46 Å². The maximum absolute atomic E-state index is 11.6. The SMILES string of the molecule is [B]c1ccc(NC(=O)C(Br)CCBr)cc1. The first-order valence-corrected chi connectivity index (χ1v) is 6.53. The molecule has 2 radical (unpaired) electrons. The number of alkyl halides is 2. The first-order chi connectivity index (χ1) is 7.13. The second-order valence-corrected chi connectivity index (χ2v) is 4.95. The monoisotopic (exact) mass is 329 g/mol. The topological polar surface area (TPSA) is 29.1 Å². The van der Waals surface area contributed by atoms with Gasteiger partial charge in [0, 0.05) is 11.0 Å². The lowest BCUT2D eigenvalue weighted by Crippen LogP contribution is -2.23. The van der Waals surface area contributed by atoms with Gasteiger partial charge in [-0.3, -0.25) is 4.79 Å². The zero-order chi connectivity index (χ0) is 11.3. The molecule has 1 rings (SSSR count). The third-order valence-corrected chi connectivity index (χ3v) is 3.16. The average Bonchev–Trinajstić information content (AvgIpc) is 2.22. The molecule has 0 aromatic heterocycles. The molecule has 1 aromatic rings. The first kappa shape index (κ1) is 12.8. The van der Waals surface area contributed by atoms with Crippen LogP contribution >= 0.6 is 31.9 Å². The van der Waals surface area contributed by atoms with E-state index >= 15 is 0 Å². The van der Waals surface area contributed by atoms with Crippen molar-refractivity contribution in [2.75, 3.05) is 10.6 Å². The Hall–Kier alpha value is -0.285. The molecule has 2 nitrogen and oxygen atoms in total. The summed E-state index contributed by atoms with van der Waals surface area (Å²) in [7, 11) is 5.54. The average molecular weight is 331 g/mol. The van der Waals surface area contributed by atoms with Gasteiger partial charge in [0.25, 0.3) is 0 Å². The molecule has 0 aliphatic rings. The highest BCUT2D eigenvalue weighted by Crippen LogP contribution is 2.11. The van der Waals surface area contributed by atoms with Crippen molar-refractivity contribution >= 4 is 56.8 Å². The summed E-state index contributed by atoms with van der Waals surface area (Å²) < 4.78 is 0. The van der Waals surface area contributed by atoms with Crippen molar-refractivity contribution in [2.24, 2.45) is 0 Å². The van der Waals surface area contributed by atoms with Crippen molar-refractivity contribution in [1.29, 1.82) is 0 Å². The molecule has 0 saturated carbocycles. The standard InChI is InChI=1S/C10H10BBr2NO/c11-7-1-3-8(4-2-7)14-10(15)9(13)5-6-12/h1-4,9H,5-6H2,(H,14,15). The summed E-state index contributed by atoms with van der Waals surface area (Å²) >= 11 is 6.60. The van der Waals surface area contributed by atoms with E-state index in [2.05, 4.69) is 37.2 Å². The maximum Gasteiger partial charge on any atom is 0.238 e. The van der Waals surface area contributed by atoms with E-state index in [1.807, 2.05) is 0 Å². The lowest BCUT2D eigenvalue weighted by atomic mass is 9.96. The van der Waals surface area contributed by atoms with Crippen LogP contribution in [0.1, 0.15) is 6.42 Å². The van der Waals surface area contributed by atoms with Gasteiger partial charge in [-0.15, -0.1) is 0 Å². The number of hydrogen-bond acceptors (Lipinski definition) is 1. The van der Waals surface area contributed by atoms with Crippen molar-refractivity contribution in [3.8, 4) is 0 Å². The third-order valence-electron chi connectivity index (χ3n) is 1.83. The number of rotatable bonds is 4. The van der Waals surface area contributed by atoms with Gasteiger partial charge in [-0.1, -0.05) is 49.5 Å². The molecule has 0 aliphatic heterocycles. The Kier molecular flexibility index (Phi) is 5.39. The van der Waals surface area contributed by atoms with Crippen molar-refractivity contribution in [2.45, 2.75) is 11.2 Å². The van der Waals surface area contributed by atoms with Crippen molar-refractivity contribution in [1.82, 2.24) is 0 Å². The smallest absolute Gasteiger partial charge is 0.238 e. The van der Waals surface area contributed by atoms with Crippen molar-refractivity contribution in [3.05, 3.63) is 24.3 Å². The van der Waals surface area contributed by atoms with Gasteiger partial charge in [0.05, 0.1) is 4.83 Å². The van der Waals surface area contributed by atoms with Gasteiger partial charge in [0.15, 0.2) is 0 Å². The van der Waals surface area contributed by atoms with Crippen LogP contribution in [0.25, 0.3) is 0 Å². The predicted molar refractivity (Wildman–Crippen MR) is 71.6 cm³/mol. The highest BCUT2D eigenvalue weighted by atomic mass is 79.9. The zero-order valence-corrected chi connectivity index (χ0v) is 11.2. The van der Waals surface area contributed by atoms with E-state index in [9.17, 15) is 4.79 Å². The highest BCUT2D eigenvalue weighted by Gasteiger charge is 2.13. The molecule has 78 valence electrons. The van der Waals surface area contributed by atoms with Crippen LogP contribution in [0.15, 0.2) is 24.3 Å². The Labute approximate surface area is 107 Å². The van der Waals surface area contributed by atoms with Crippen LogP contribution in [0.4, 0.5) is 5.69 Å². The van der Waals surface area contributed by atoms with Crippen LogP contribution in [0, 0.1) is 0 Å². The van der Waals surface area contributed by atoms with Crippen molar-refractivity contribution < 1.29 is 4.79 Å². The number of amides is 1. The first-order valence-electron chi connectivity index (χ1n) is 4.50. The number of nitrogens with one attached hydrogen (secondary N) is 1. The Balaban J connectivity index is 2.54. The summed E-state index contributed by atoms with van der Waals surface area (Å²) in [4.78, 5) is 11.4. The quantitative estimate of drug-likeness (QED) is 0.664. The summed E-state index contributed by atoms with van der Waals surface area (Å²) in [5.74, 6) is -0.0424. The normalized spacial score (nSPS) is 12.1. The highest BCUT2D eigenvalue weighted by molar-refractivity contribution is 9.10. The molecule has 0 spiro atoms. The molecular formula is C10H10BBr2NO. The van der Waals surface area contributed by atoms with Crippen LogP contribution in [0.2, 0.25) is 0 Å². The third kappa shape index (κ3) is 4.39. The van der Waals surface area contributed by atoms with Crippen LogP contribution in [0.3, 0.4) is 0 Å². The summed E-state index contributed by atoms with van der Waals surface area (Å²) in [6, 6.07) is 7.06. The van der Waals surface area contributed by atoms with E-state index in [1.165, 1.54) is 0 Å². The molecule has 15 heavy (non-hydrogen) atoms. The number of benzene rings is 1. The van der Waals surface area contributed by atoms with Crippen molar-refractivity contribution in [3.63, 3.8) is 0 Å². The van der Waals surface area contributed by atoms with Crippen LogP contribution in [-0.2, 0) is 4.79 Å². The Morgan fingerprint density at radius 3 is 2.53 bits per heavy atom.